The second-order valence-corrected chi connectivity index (χ2v) is 9.71. The highest BCUT2D eigenvalue weighted by molar-refractivity contribution is 6.09. The number of carbonyl (C=O) groups is 3. The fourth-order valence-corrected chi connectivity index (χ4v) is 3.12. The number of hydrogen-bond acceptors (Lipinski definition) is 8. The Morgan fingerprint density at radius 1 is 0.971 bits per heavy atom. The smallest absolute Gasteiger partial charge is 0.425 e. The van der Waals surface area contributed by atoms with Crippen LogP contribution in [-0.4, -0.2) is 50.3 Å². The van der Waals surface area contributed by atoms with Gasteiger partial charge in [0.05, 0.1) is 6.61 Å². The third kappa shape index (κ3) is 6.34. The Hall–Kier alpha value is -3.95. The summed E-state index contributed by atoms with van der Waals surface area (Å²) in [6.45, 7) is 12.0. The molecule has 0 aliphatic heterocycles. The zero-order chi connectivity index (χ0) is 26.0. The third-order valence-corrected chi connectivity index (χ3v) is 4.41. The zero-order valence-electron chi connectivity index (χ0n) is 21.0. The zero-order valence-corrected chi connectivity index (χ0v) is 21.0. The van der Waals surface area contributed by atoms with Crippen molar-refractivity contribution in [1.82, 2.24) is 14.4 Å². The Morgan fingerprint density at radius 3 is 2.11 bits per heavy atom. The van der Waals surface area contributed by atoms with E-state index in [1.807, 2.05) is 6.07 Å². The number of fused-ring (bicyclic) bond motifs is 1. The molecule has 0 aliphatic carbocycles. The van der Waals surface area contributed by atoms with Crippen molar-refractivity contribution in [2.24, 2.45) is 0 Å². The van der Waals surface area contributed by atoms with Crippen molar-refractivity contribution in [3.05, 3.63) is 48.5 Å². The molecule has 0 aromatic carbocycles. The summed E-state index contributed by atoms with van der Waals surface area (Å²) >= 11 is 0. The second kappa shape index (κ2) is 9.73. The van der Waals surface area contributed by atoms with Crippen LogP contribution in [0.2, 0.25) is 0 Å². The summed E-state index contributed by atoms with van der Waals surface area (Å²) in [5, 5.41) is 0. The quantitative estimate of drug-likeness (QED) is 0.366. The Kier molecular flexibility index (Phi) is 7.14. The molecule has 0 N–H and O–H groups in total. The molecule has 0 aliphatic rings. The highest BCUT2D eigenvalue weighted by Crippen LogP contribution is 2.30. The molecule has 0 atom stereocenters. The molecule has 0 spiro atoms. The number of ether oxygens (including phenoxy) is 3. The number of nitrogens with zero attached hydrogens (tertiary/aromatic N) is 4. The van der Waals surface area contributed by atoms with Gasteiger partial charge in [0.25, 0.3) is 0 Å². The number of pyridine rings is 2. The van der Waals surface area contributed by atoms with Gasteiger partial charge in [0, 0.05) is 24.2 Å². The highest BCUT2D eigenvalue weighted by atomic mass is 16.6. The summed E-state index contributed by atoms with van der Waals surface area (Å²) in [7, 11) is 0. The van der Waals surface area contributed by atoms with Crippen molar-refractivity contribution in [2.75, 3.05) is 11.5 Å². The normalized spacial score (nSPS) is 11.7. The van der Waals surface area contributed by atoms with Crippen LogP contribution in [0.5, 0.6) is 0 Å². The maximum Gasteiger partial charge on any atom is 0.425 e. The van der Waals surface area contributed by atoms with E-state index in [1.54, 1.807) is 79.1 Å². The molecular weight excluding hydrogens is 452 g/mol. The number of amides is 2. The molecule has 0 unspecified atom stereocenters. The number of rotatable bonds is 4. The lowest BCUT2D eigenvalue weighted by atomic mass is 10.1. The number of carbonyl (C=O) groups excluding carboxylic acids is 3. The van der Waals surface area contributed by atoms with Crippen molar-refractivity contribution in [3.8, 4) is 11.1 Å². The van der Waals surface area contributed by atoms with Gasteiger partial charge in [-0.25, -0.2) is 19.4 Å². The first-order valence-corrected chi connectivity index (χ1v) is 11.2. The van der Waals surface area contributed by atoms with E-state index in [0.717, 1.165) is 4.90 Å². The lowest BCUT2D eigenvalue weighted by Gasteiger charge is -2.29. The Morgan fingerprint density at radius 2 is 1.60 bits per heavy atom. The molecule has 186 valence electrons. The van der Waals surface area contributed by atoms with Crippen LogP contribution in [0.4, 0.5) is 15.4 Å². The van der Waals surface area contributed by atoms with E-state index < -0.39 is 29.4 Å². The number of esters is 1. The summed E-state index contributed by atoms with van der Waals surface area (Å²) in [6, 6.07) is 6.90. The lowest BCUT2D eigenvalue weighted by Crippen LogP contribution is -2.44. The molecule has 10 heteroatoms. The Bertz CT molecular complexity index is 1210. The second-order valence-electron chi connectivity index (χ2n) is 9.71. The van der Waals surface area contributed by atoms with Crippen LogP contribution in [0.15, 0.2) is 42.9 Å². The predicted molar refractivity (Wildman–Crippen MR) is 129 cm³/mol. The van der Waals surface area contributed by atoms with E-state index >= 15 is 0 Å². The molecule has 3 aromatic heterocycles. The summed E-state index contributed by atoms with van der Waals surface area (Å²) in [4.78, 5) is 48.3. The molecule has 10 nitrogen and oxygen atoms in total. The minimum absolute atomic E-state index is 0.0183. The standard InChI is InChI=1S/C25H30N4O6/c1-8-33-21(30)18-15-28-19(27-18)12-17(16-10-9-11-26-14-16)13-20(28)29(22(31)34-24(2,3)4)23(32)35-25(5,6)7/h9-15H,8H2,1-7H3. The van der Waals surface area contributed by atoms with E-state index in [4.69, 9.17) is 14.2 Å². The van der Waals surface area contributed by atoms with Crippen molar-refractivity contribution in [2.45, 2.75) is 59.7 Å². The summed E-state index contributed by atoms with van der Waals surface area (Å²) in [5.74, 6) is -0.556. The first kappa shape index (κ1) is 25.7. The van der Waals surface area contributed by atoms with Gasteiger partial charge in [-0.2, -0.15) is 4.90 Å². The molecule has 35 heavy (non-hydrogen) atoms. The van der Waals surface area contributed by atoms with Crippen LogP contribution >= 0.6 is 0 Å². The molecule has 2 amide bonds. The molecule has 0 fully saturated rings. The average Bonchev–Trinajstić information content (AvgIpc) is 3.16. The maximum atomic E-state index is 13.3. The topological polar surface area (TPSA) is 112 Å². The van der Waals surface area contributed by atoms with Gasteiger partial charge >= 0.3 is 18.2 Å². The molecular formula is C25H30N4O6. The fourth-order valence-electron chi connectivity index (χ4n) is 3.12. The van der Waals surface area contributed by atoms with Crippen LogP contribution in [-0.2, 0) is 14.2 Å². The monoisotopic (exact) mass is 482 g/mol. The minimum atomic E-state index is -0.942. The summed E-state index contributed by atoms with van der Waals surface area (Å²) in [5.41, 5.74) is -0.125. The molecule has 3 aromatic rings. The van der Waals surface area contributed by atoms with Crippen molar-refractivity contribution < 1.29 is 28.6 Å². The minimum Gasteiger partial charge on any atom is -0.461 e. The van der Waals surface area contributed by atoms with Crippen molar-refractivity contribution in [1.29, 1.82) is 0 Å². The molecule has 0 saturated heterocycles. The molecule has 3 rings (SSSR count). The van der Waals surface area contributed by atoms with Crippen molar-refractivity contribution >= 4 is 29.6 Å². The van der Waals surface area contributed by atoms with Gasteiger partial charge in [-0.15, -0.1) is 0 Å². The third-order valence-electron chi connectivity index (χ3n) is 4.41. The van der Waals surface area contributed by atoms with E-state index in [-0.39, 0.29) is 18.1 Å². The Labute approximate surface area is 203 Å². The largest absolute Gasteiger partial charge is 0.461 e. The molecule has 0 radical (unpaired) electrons. The Balaban J connectivity index is 2.27. The summed E-state index contributed by atoms with van der Waals surface area (Å²) in [6.07, 6.45) is 2.78. The van der Waals surface area contributed by atoms with Gasteiger partial charge in [-0.1, -0.05) is 6.07 Å². The molecule has 0 saturated carbocycles. The predicted octanol–water partition coefficient (Wildman–Crippen LogP) is 5.25. The van der Waals surface area contributed by atoms with Gasteiger partial charge < -0.3 is 14.2 Å². The van der Waals surface area contributed by atoms with E-state index in [1.165, 1.54) is 10.6 Å². The fraction of sp³-hybridized carbons (Fsp3) is 0.400. The average molecular weight is 483 g/mol. The number of aromatic nitrogens is 3. The van der Waals surface area contributed by atoms with Gasteiger partial charge in [0.15, 0.2) is 5.69 Å². The van der Waals surface area contributed by atoms with Crippen LogP contribution < -0.4 is 4.90 Å². The molecule has 3 heterocycles. The summed E-state index contributed by atoms with van der Waals surface area (Å²) < 4.78 is 17.6. The first-order valence-electron chi connectivity index (χ1n) is 11.2. The van der Waals surface area contributed by atoms with Crippen molar-refractivity contribution in [3.63, 3.8) is 0 Å². The SMILES string of the molecule is CCOC(=O)c1cn2c(N(C(=O)OC(C)(C)C)C(=O)OC(C)(C)C)cc(-c3cccnc3)cc2n1. The maximum absolute atomic E-state index is 13.3. The van der Waals surface area contributed by atoms with Gasteiger partial charge in [0.1, 0.15) is 22.7 Å². The van der Waals surface area contributed by atoms with Crippen LogP contribution in [0, 0.1) is 0 Å². The van der Waals surface area contributed by atoms with E-state index in [2.05, 4.69) is 9.97 Å². The van der Waals surface area contributed by atoms with Crippen LogP contribution in [0.25, 0.3) is 16.8 Å². The lowest BCUT2D eigenvalue weighted by molar-refractivity contribution is 0.0427. The van der Waals surface area contributed by atoms with Gasteiger partial charge in [0.2, 0.25) is 0 Å². The van der Waals surface area contributed by atoms with Crippen LogP contribution in [0.1, 0.15) is 59.0 Å². The molecule has 0 bridgehead atoms. The number of anilines is 1. The van der Waals surface area contributed by atoms with E-state index in [0.29, 0.717) is 16.8 Å². The number of imide groups is 1. The number of hydrogen-bond donors (Lipinski definition) is 0. The first-order chi connectivity index (χ1) is 16.3. The van der Waals surface area contributed by atoms with E-state index in [9.17, 15) is 14.4 Å². The number of imidazole rings is 1. The highest BCUT2D eigenvalue weighted by Gasteiger charge is 2.35. The van der Waals surface area contributed by atoms with Crippen LogP contribution in [0.3, 0.4) is 0 Å². The van der Waals surface area contributed by atoms with Gasteiger partial charge in [-0.05, 0) is 72.2 Å². The van der Waals surface area contributed by atoms with Gasteiger partial charge in [-0.3, -0.25) is 9.38 Å².